The number of ether oxygens (including phenoxy) is 2. The lowest BCUT2D eigenvalue weighted by molar-refractivity contribution is -0.123. The molecule has 0 bridgehead atoms. The van der Waals surface area contributed by atoms with Crippen molar-refractivity contribution in [2.45, 2.75) is 19.4 Å². The molecule has 4 N–H and O–H groups in total. The van der Waals surface area contributed by atoms with Gasteiger partial charge in [0.2, 0.25) is 5.91 Å². The molecule has 78 valence electrons. The molecular formula is C8H18N2O3. The van der Waals surface area contributed by atoms with E-state index in [1.165, 1.54) is 0 Å². The molecule has 0 saturated carbocycles. The number of hydrogen-bond acceptors (Lipinski definition) is 4. The molecule has 0 fully saturated rings. The first-order valence-electron chi connectivity index (χ1n) is 4.32. The summed E-state index contributed by atoms with van der Waals surface area (Å²) in [5, 5.41) is 0. The summed E-state index contributed by atoms with van der Waals surface area (Å²) in [5.41, 5.74) is 10.4. The third kappa shape index (κ3) is 11.3. The number of carbonyl (C=O) groups excluding carboxylic acids is 1. The van der Waals surface area contributed by atoms with Gasteiger partial charge >= 0.3 is 0 Å². The largest absolute Gasteiger partial charge is 0.379 e. The minimum Gasteiger partial charge on any atom is -0.379 e. The molecule has 0 heterocycles. The van der Waals surface area contributed by atoms with Gasteiger partial charge in [0, 0.05) is 12.6 Å². The summed E-state index contributed by atoms with van der Waals surface area (Å²) in [6, 6.07) is 0.159. The van der Waals surface area contributed by atoms with Gasteiger partial charge in [-0.3, -0.25) is 4.79 Å². The lowest BCUT2D eigenvalue weighted by atomic mass is 10.3. The molecule has 0 aliphatic rings. The van der Waals surface area contributed by atoms with E-state index < -0.39 is 5.91 Å². The van der Waals surface area contributed by atoms with E-state index in [2.05, 4.69) is 0 Å². The Hall–Kier alpha value is -0.650. The van der Waals surface area contributed by atoms with Gasteiger partial charge in [-0.25, -0.2) is 0 Å². The molecule has 0 aromatic heterocycles. The van der Waals surface area contributed by atoms with Crippen LogP contribution < -0.4 is 11.5 Å². The second kappa shape index (κ2) is 7.97. The molecule has 0 rings (SSSR count). The Morgan fingerprint density at radius 2 is 1.92 bits per heavy atom. The van der Waals surface area contributed by atoms with Crippen LogP contribution in [0.3, 0.4) is 0 Å². The van der Waals surface area contributed by atoms with Crippen LogP contribution in [-0.2, 0) is 14.3 Å². The summed E-state index contributed by atoms with van der Waals surface area (Å²) in [7, 11) is 0. The fourth-order valence-corrected chi connectivity index (χ4v) is 0.662. The molecule has 1 unspecified atom stereocenters. The van der Waals surface area contributed by atoms with Crippen molar-refractivity contribution in [1.29, 1.82) is 0 Å². The van der Waals surface area contributed by atoms with Gasteiger partial charge in [0.15, 0.2) is 0 Å². The zero-order valence-electron chi connectivity index (χ0n) is 7.99. The number of amides is 1. The first-order chi connectivity index (χ1) is 6.13. The predicted octanol–water partition coefficient (Wildman–Crippen LogP) is -0.758. The Bertz CT molecular complexity index is 139. The second-order valence-corrected chi connectivity index (χ2v) is 2.90. The van der Waals surface area contributed by atoms with E-state index in [4.69, 9.17) is 20.9 Å². The number of carbonyl (C=O) groups is 1. The van der Waals surface area contributed by atoms with E-state index in [0.29, 0.717) is 19.8 Å². The smallest absolute Gasteiger partial charge is 0.243 e. The fourth-order valence-electron chi connectivity index (χ4n) is 0.662. The van der Waals surface area contributed by atoms with E-state index in [0.717, 1.165) is 6.42 Å². The number of rotatable bonds is 8. The van der Waals surface area contributed by atoms with E-state index in [1.54, 1.807) is 0 Å². The first kappa shape index (κ1) is 12.3. The molecule has 5 heteroatoms. The van der Waals surface area contributed by atoms with Crippen molar-refractivity contribution < 1.29 is 14.3 Å². The van der Waals surface area contributed by atoms with Crippen molar-refractivity contribution in [1.82, 2.24) is 0 Å². The highest BCUT2D eigenvalue weighted by molar-refractivity contribution is 5.74. The normalized spacial score (nSPS) is 12.8. The van der Waals surface area contributed by atoms with Crippen molar-refractivity contribution in [3.63, 3.8) is 0 Å². The third-order valence-corrected chi connectivity index (χ3v) is 1.33. The maximum atomic E-state index is 10.2. The second-order valence-electron chi connectivity index (χ2n) is 2.90. The Balaban J connectivity index is 2.96. The van der Waals surface area contributed by atoms with Crippen LogP contribution in [0.4, 0.5) is 0 Å². The lowest BCUT2D eigenvalue weighted by Crippen LogP contribution is -2.20. The fraction of sp³-hybridized carbons (Fsp3) is 0.875. The van der Waals surface area contributed by atoms with Crippen LogP contribution >= 0.6 is 0 Å². The summed E-state index contributed by atoms with van der Waals surface area (Å²) in [5.74, 6) is -0.462. The highest BCUT2D eigenvalue weighted by Crippen LogP contribution is 1.87. The minimum absolute atomic E-state index is 0.0450. The Morgan fingerprint density at radius 3 is 2.46 bits per heavy atom. The van der Waals surface area contributed by atoms with Crippen molar-refractivity contribution in [3.8, 4) is 0 Å². The maximum Gasteiger partial charge on any atom is 0.243 e. The molecule has 0 aliphatic carbocycles. The monoisotopic (exact) mass is 190 g/mol. The molecule has 0 aliphatic heterocycles. The molecular weight excluding hydrogens is 172 g/mol. The van der Waals surface area contributed by atoms with Gasteiger partial charge in [0.1, 0.15) is 6.61 Å². The van der Waals surface area contributed by atoms with Crippen molar-refractivity contribution in [3.05, 3.63) is 0 Å². The minimum atomic E-state index is -0.462. The zero-order chi connectivity index (χ0) is 10.1. The van der Waals surface area contributed by atoms with Crippen LogP contribution in [0.15, 0.2) is 0 Å². The topological polar surface area (TPSA) is 87.6 Å². The highest BCUT2D eigenvalue weighted by atomic mass is 16.5. The molecule has 1 atom stereocenters. The molecule has 0 radical (unpaired) electrons. The molecule has 13 heavy (non-hydrogen) atoms. The molecule has 1 amide bonds. The van der Waals surface area contributed by atoms with Crippen molar-refractivity contribution >= 4 is 5.91 Å². The van der Waals surface area contributed by atoms with Gasteiger partial charge in [0.25, 0.3) is 0 Å². The maximum absolute atomic E-state index is 10.2. The average molecular weight is 190 g/mol. The summed E-state index contributed by atoms with van der Waals surface area (Å²) < 4.78 is 10.0. The Kier molecular flexibility index (Phi) is 7.57. The quantitative estimate of drug-likeness (QED) is 0.492. The highest BCUT2D eigenvalue weighted by Gasteiger charge is 1.95. The van der Waals surface area contributed by atoms with Gasteiger partial charge in [0.05, 0.1) is 13.2 Å². The van der Waals surface area contributed by atoms with Crippen molar-refractivity contribution in [2.24, 2.45) is 11.5 Å². The van der Waals surface area contributed by atoms with Gasteiger partial charge in [-0.05, 0) is 13.3 Å². The van der Waals surface area contributed by atoms with Crippen LogP contribution in [-0.4, -0.2) is 38.4 Å². The molecule has 0 aromatic rings. The van der Waals surface area contributed by atoms with Crippen LogP contribution in [0.2, 0.25) is 0 Å². The van der Waals surface area contributed by atoms with Crippen molar-refractivity contribution in [2.75, 3.05) is 26.4 Å². The SMILES string of the molecule is CC(N)CCOCCOCC(N)=O. The van der Waals surface area contributed by atoms with Gasteiger partial charge < -0.3 is 20.9 Å². The predicted molar refractivity (Wildman–Crippen MR) is 49.1 cm³/mol. The standard InChI is InChI=1S/C8H18N2O3/c1-7(9)2-3-12-4-5-13-6-8(10)11/h7H,2-6,9H2,1H3,(H2,10,11). The lowest BCUT2D eigenvalue weighted by Gasteiger charge is -2.06. The molecule has 0 spiro atoms. The summed E-state index contributed by atoms with van der Waals surface area (Å²) in [6.07, 6.45) is 0.829. The number of primary amides is 1. The van der Waals surface area contributed by atoms with E-state index in [-0.39, 0.29) is 12.6 Å². The van der Waals surface area contributed by atoms with Gasteiger partial charge in [-0.2, -0.15) is 0 Å². The van der Waals surface area contributed by atoms with Crippen LogP contribution in [0.1, 0.15) is 13.3 Å². The molecule has 0 aromatic carbocycles. The molecule has 0 saturated heterocycles. The summed E-state index contributed by atoms with van der Waals surface area (Å²) in [4.78, 5) is 10.2. The van der Waals surface area contributed by atoms with Gasteiger partial charge in [-0.1, -0.05) is 0 Å². The molecule has 5 nitrogen and oxygen atoms in total. The van der Waals surface area contributed by atoms with E-state index in [9.17, 15) is 4.79 Å². The first-order valence-corrected chi connectivity index (χ1v) is 4.32. The summed E-state index contributed by atoms with van der Waals surface area (Å²) in [6.45, 7) is 3.36. The van der Waals surface area contributed by atoms with Crippen LogP contribution in [0, 0.1) is 0 Å². The third-order valence-electron chi connectivity index (χ3n) is 1.33. The zero-order valence-corrected chi connectivity index (χ0v) is 7.99. The van der Waals surface area contributed by atoms with Crippen LogP contribution in [0.25, 0.3) is 0 Å². The Labute approximate surface area is 78.4 Å². The Morgan fingerprint density at radius 1 is 1.31 bits per heavy atom. The average Bonchev–Trinajstić information content (AvgIpc) is 2.01. The van der Waals surface area contributed by atoms with Gasteiger partial charge in [-0.15, -0.1) is 0 Å². The summed E-state index contributed by atoms with van der Waals surface area (Å²) >= 11 is 0. The number of nitrogens with two attached hydrogens (primary N) is 2. The van der Waals surface area contributed by atoms with E-state index >= 15 is 0 Å². The number of hydrogen-bond donors (Lipinski definition) is 2. The van der Waals surface area contributed by atoms with E-state index in [1.807, 2.05) is 6.92 Å². The van der Waals surface area contributed by atoms with Crippen LogP contribution in [0.5, 0.6) is 0 Å².